The molecule has 4 rings (SSSR count). The number of thiophene rings is 1. The maximum Gasteiger partial charge on any atom is 0.287 e. The van der Waals surface area contributed by atoms with E-state index in [2.05, 4.69) is 20.6 Å². The van der Waals surface area contributed by atoms with E-state index < -0.39 is 11.5 Å². The van der Waals surface area contributed by atoms with E-state index in [1.54, 1.807) is 25.1 Å². The summed E-state index contributed by atoms with van der Waals surface area (Å²) in [7, 11) is 0. The number of nitrogens with zero attached hydrogens (tertiary/aromatic N) is 1. The lowest BCUT2D eigenvalue weighted by Crippen LogP contribution is -2.28. The molecule has 10 heteroatoms. The lowest BCUT2D eigenvalue weighted by atomic mass is 10.1. The number of carbonyl (C=O) groups excluding carboxylic acids is 2. The van der Waals surface area contributed by atoms with Crippen LogP contribution in [0.2, 0.25) is 0 Å². The largest absolute Gasteiger partial charge is 0.482 e. The van der Waals surface area contributed by atoms with Crippen LogP contribution in [0.1, 0.15) is 40.5 Å². The van der Waals surface area contributed by atoms with Crippen LogP contribution in [-0.2, 0) is 17.9 Å². The number of nitrogens with one attached hydrogen (secondary N) is 3. The van der Waals surface area contributed by atoms with E-state index in [9.17, 15) is 19.5 Å². The average molecular weight is 430 g/mol. The predicted molar refractivity (Wildman–Crippen MR) is 114 cm³/mol. The van der Waals surface area contributed by atoms with Crippen molar-refractivity contribution in [3.8, 4) is 5.75 Å². The summed E-state index contributed by atoms with van der Waals surface area (Å²) in [4.78, 5) is 43.9. The third kappa shape index (κ3) is 4.19. The van der Waals surface area contributed by atoms with Gasteiger partial charge in [-0.2, -0.15) is 0 Å². The number of aliphatic hydroxyl groups excluding tert-OH is 1. The van der Waals surface area contributed by atoms with Gasteiger partial charge in [0.1, 0.15) is 10.6 Å². The number of ether oxygens (including phenoxy) is 1. The lowest BCUT2D eigenvalue weighted by Gasteiger charge is -2.18. The minimum atomic E-state index is -0.534. The molecule has 30 heavy (non-hydrogen) atoms. The fourth-order valence-corrected chi connectivity index (χ4v) is 3.99. The molecule has 0 saturated carbocycles. The molecule has 1 aliphatic heterocycles. The highest BCUT2D eigenvalue weighted by Crippen LogP contribution is 2.28. The van der Waals surface area contributed by atoms with Gasteiger partial charge in [0.15, 0.2) is 6.61 Å². The van der Waals surface area contributed by atoms with Crippen molar-refractivity contribution in [2.45, 2.75) is 33.9 Å². The van der Waals surface area contributed by atoms with Gasteiger partial charge in [-0.25, -0.2) is 4.98 Å². The maximum atomic E-state index is 12.4. The Balaban J connectivity index is 0.00000124. The topological polar surface area (TPSA) is 133 Å². The Morgan fingerprint density at radius 2 is 2.10 bits per heavy atom. The van der Waals surface area contributed by atoms with Crippen LogP contribution in [0.4, 0.5) is 5.69 Å². The Morgan fingerprint density at radius 3 is 2.83 bits per heavy atom. The first-order valence-electron chi connectivity index (χ1n) is 9.43. The second-order valence-corrected chi connectivity index (χ2v) is 7.34. The van der Waals surface area contributed by atoms with Crippen molar-refractivity contribution in [2.24, 2.45) is 0 Å². The Kier molecular flexibility index (Phi) is 6.48. The van der Waals surface area contributed by atoms with Crippen LogP contribution in [0, 0.1) is 6.92 Å². The molecule has 0 aliphatic carbocycles. The van der Waals surface area contributed by atoms with E-state index >= 15 is 0 Å². The van der Waals surface area contributed by atoms with Crippen LogP contribution < -0.4 is 20.9 Å². The number of benzene rings is 1. The summed E-state index contributed by atoms with van der Waals surface area (Å²) in [6.07, 6.45) is 0. The van der Waals surface area contributed by atoms with Crippen molar-refractivity contribution >= 4 is 39.1 Å². The minimum absolute atomic E-state index is 0.0230. The van der Waals surface area contributed by atoms with Gasteiger partial charge in [-0.3, -0.25) is 14.4 Å². The normalized spacial score (nSPS) is 12.3. The molecule has 0 bridgehead atoms. The number of hydrogen-bond acceptors (Lipinski definition) is 7. The molecule has 0 spiro atoms. The molecule has 0 atom stereocenters. The molecule has 3 heterocycles. The van der Waals surface area contributed by atoms with Crippen molar-refractivity contribution in [3.05, 3.63) is 50.4 Å². The Bertz CT molecular complexity index is 1170. The third-order valence-corrected chi connectivity index (χ3v) is 5.56. The second kappa shape index (κ2) is 9.06. The summed E-state index contributed by atoms with van der Waals surface area (Å²) in [5.74, 6) is -0.303. The molecular weight excluding hydrogens is 408 g/mol. The smallest absolute Gasteiger partial charge is 0.287 e. The van der Waals surface area contributed by atoms with Gasteiger partial charge < -0.3 is 25.5 Å². The first-order chi connectivity index (χ1) is 14.5. The van der Waals surface area contributed by atoms with Gasteiger partial charge in [-0.15, -0.1) is 11.3 Å². The van der Waals surface area contributed by atoms with Crippen LogP contribution in [-0.4, -0.2) is 33.5 Å². The molecule has 3 aromatic rings. The third-order valence-electron chi connectivity index (χ3n) is 4.39. The number of aromatic nitrogens is 2. The zero-order valence-corrected chi connectivity index (χ0v) is 17.6. The van der Waals surface area contributed by atoms with E-state index in [-0.39, 0.29) is 31.5 Å². The molecule has 4 N–H and O–H groups in total. The van der Waals surface area contributed by atoms with E-state index in [0.717, 1.165) is 5.56 Å². The highest BCUT2D eigenvalue weighted by Gasteiger charge is 2.18. The number of aromatic amines is 1. The van der Waals surface area contributed by atoms with Crippen LogP contribution >= 0.6 is 11.3 Å². The molecule has 0 unspecified atom stereocenters. The number of aryl methyl sites for hydroxylation is 1. The maximum absolute atomic E-state index is 12.4. The SMILES string of the molecule is CC.Cc1c(CO)sc2nc(C(=O)NCc3ccc4c(c3)NC(=O)CO4)[nH]c(=O)c12. The highest BCUT2D eigenvalue weighted by atomic mass is 32.1. The number of aliphatic hydroxyl groups is 1. The van der Waals surface area contributed by atoms with Gasteiger partial charge in [0, 0.05) is 11.4 Å². The van der Waals surface area contributed by atoms with Crippen LogP contribution in [0.15, 0.2) is 23.0 Å². The summed E-state index contributed by atoms with van der Waals surface area (Å²) in [6.45, 7) is 5.70. The van der Waals surface area contributed by atoms with Crippen LogP contribution in [0.3, 0.4) is 0 Å². The van der Waals surface area contributed by atoms with E-state index in [1.165, 1.54) is 11.3 Å². The number of amides is 2. The number of rotatable bonds is 4. The zero-order valence-electron chi connectivity index (χ0n) is 16.8. The predicted octanol–water partition coefficient (Wildman–Crippen LogP) is 2.07. The van der Waals surface area contributed by atoms with Gasteiger partial charge in [-0.05, 0) is 30.2 Å². The van der Waals surface area contributed by atoms with Crippen molar-refractivity contribution in [2.75, 3.05) is 11.9 Å². The lowest BCUT2D eigenvalue weighted by molar-refractivity contribution is -0.118. The van der Waals surface area contributed by atoms with Crippen LogP contribution in [0.25, 0.3) is 10.2 Å². The van der Waals surface area contributed by atoms with Crippen molar-refractivity contribution < 1.29 is 19.4 Å². The van der Waals surface area contributed by atoms with Crippen molar-refractivity contribution in [1.82, 2.24) is 15.3 Å². The summed E-state index contributed by atoms with van der Waals surface area (Å²) < 4.78 is 5.29. The van der Waals surface area contributed by atoms with Crippen LogP contribution in [0.5, 0.6) is 5.75 Å². The quantitative estimate of drug-likeness (QED) is 0.501. The van der Waals surface area contributed by atoms with Gasteiger partial charge >= 0.3 is 0 Å². The second-order valence-electron chi connectivity index (χ2n) is 6.25. The Hall–Kier alpha value is -3.24. The molecule has 0 fully saturated rings. The van der Waals surface area contributed by atoms with E-state index in [4.69, 9.17) is 4.74 Å². The summed E-state index contributed by atoms with van der Waals surface area (Å²) >= 11 is 1.18. The first kappa shape index (κ1) is 21.5. The van der Waals surface area contributed by atoms with Gasteiger partial charge in [0.25, 0.3) is 17.4 Å². The van der Waals surface area contributed by atoms with Gasteiger partial charge in [0.05, 0.1) is 17.7 Å². The standard InChI is InChI=1S/C18H16N4O5S.C2H6/c1-8-12(6-23)28-18-14(8)16(25)21-15(22-18)17(26)19-5-9-2-3-11-10(4-9)20-13(24)7-27-11;1-2/h2-4,23H,5-7H2,1H3,(H,19,26)(H,20,24)(H,21,22,25);1-2H3. The summed E-state index contributed by atoms with van der Waals surface area (Å²) in [6, 6.07) is 5.20. The highest BCUT2D eigenvalue weighted by molar-refractivity contribution is 7.18. The average Bonchev–Trinajstić information content (AvgIpc) is 3.09. The van der Waals surface area contributed by atoms with E-state index in [1.807, 2.05) is 13.8 Å². The molecule has 0 radical (unpaired) electrons. The molecule has 158 valence electrons. The molecular formula is C20H22N4O5S. The molecule has 0 saturated heterocycles. The van der Waals surface area contributed by atoms with Crippen molar-refractivity contribution in [1.29, 1.82) is 0 Å². The number of fused-ring (bicyclic) bond motifs is 2. The van der Waals surface area contributed by atoms with Gasteiger partial charge in [-0.1, -0.05) is 19.9 Å². The molecule has 9 nitrogen and oxygen atoms in total. The number of hydrogen-bond donors (Lipinski definition) is 4. The number of anilines is 1. The summed E-state index contributed by atoms with van der Waals surface area (Å²) in [5.41, 5.74) is 1.54. The number of carbonyl (C=O) groups is 2. The first-order valence-corrected chi connectivity index (χ1v) is 10.2. The number of H-pyrrole nitrogens is 1. The van der Waals surface area contributed by atoms with Crippen molar-refractivity contribution in [3.63, 3.8) is 0 Å². The molecule has 2 aromatic heterocycles. The summed E-state index contributed by atoms with van der Waals surface area (Å²) in [5, 5.41) is 15.1. The van der Waals surface area contributed by atoms with Gasteiger partial charge in [0.2, 0.25) is 5.82 Å². The Labute approximate surface area is 176 Å². The Morgan fingerprint density at radius 1 is 1.33 bits per heavy atom. The minimum Gasteiger partial charge on any atom is -0.482 e. The fourth-order valence-electron chi connectivity index (χ4n) is 2.95. The zero-order chi connectivity index (χ0) is 21.8. The van der Waals surface area contributed by atoms with E-state index in [0.29, 0.717) is 32.1 Å². The fraction of sp³-hybridized carbons (Fsp3) is 0.300. The molecule has 1 aromatic carbocycles. The molecule has 2 amide bonds. The molecule has 1 aliphatic rings. The monoisotopic (exact) mass is 430 g/mol.